The lowest BCUT2D eigenvalue weighted by atomic mass is 9.90. The molecule has 2 aliphatic heterocycles. The Labute approximate surface area is 188 Å². The van der Waals surface area contributed by atoms with Gasteiger partial charge in [-0.3, -0.25) is 19.5 Å². The van der Waals surface area contributed by atoms with E-state index in [9.17, 15) is 14.4 Å². The molecule has 170 valence electrons. The van der Waals surface area contributed by atoms with Crippen LogP contribution in [-0.2, 0) is 9.59 Å². The van der Waals surface area contributed by atoms with Gasteiger partial charge in [0.25, 0.3) is 5.91 Å². The zero-order valence-electron chi connectivity index (χ0n) is 18.8. The number of aromatic nitrogens is 2. The van der Waals surface area contributed by atoms with Crippen molar-refractivity contribution in [1.29, 1.82) is 0 Å². The molecule has 2 saturated heterocycles. The molecule has 1 N–H and O–H groups in total. The Balaban J connectivity index is 1.30. The molecule has 32 heavy (non-hydrogen) atoms. The third kappa shape index (κ3) is 4.69. The van der Waals surface area contributed by atoms with Crippen molar-refractivity contribution in [2.45, 2.75) is 38.5 Å². The average molecular weight is 438 g/mol. The molecule has 0 bridgehead atoms. The molecular formula is C24H31N5O3. The zero-order valence-corrected chi connectivity index (χ0v) is 18.8. The number of H-pyrrole nitrogens is 1. The first-order valence-electron chi connectivity index (χ1n) is 11.4. The van der Waals surface area contributed by atoms with E-state index in [0.717, 1.165) is 37.1 Å². The van der Waals surface area contributed by atoms with Crippen molar-refractivity contribution in [3.8, 4) is 0 Å². The predicted molar refractivity (Wildman–Crippen MR) is 121 cm³/mol. The second kappa shape index (κ2) is 9.54. The van der Waals surface area contributed by atoms with Crippen LogP contribution in [0.15, 0.2) is 36.4 Å². The van der Waals surface area contributed by atoms with Crippen LogP contribution in [0.1, 0.15) is 54.7 Å². The van der Waals surface area contributed by atoms with E-state index in [1.165, 1.54) is 0 Å². The van der Waals surface area contributed by atoms with Crippen LogP contribution >= 0.6 is 0 Å². The molecule has 1 aromatic carbocycles. The van der Waals surface area contributed by atoms with E-state index in [2.05, 4.69) is 10.2 Å². The number of amides is 3. The van der Waals surface area contributed by atoms with E-state index in [4.69, 9.17) is 0 Å². The molecule has 0 aliphatic carbocycles. The van der Waals surface area contributed by atoms with Gasteiger partial charge in [-0.1, -0.05) is 18.2 Å². The first-order chi connectivity index (χ1) is 15.4. The highest BCUT2D eigenvalue weighted by Gasteiger charge is 2.32. The number of hydrogen-bond acceptors (Lipinski definition) is 4. The number of aromatic amines is 1. The van der Waals surface area contributed by atoms with Gasteiger partial charge in [-0.2, -0.15) is 5.10 Å². The summed E-state index contributed by atoms with van der Waals surface area (Å²) in [5, 5.41) is 7.31. The summed E-state index contributed by atoms with van der Waals surface area (Å²) in [6.07, 6.45) is 3.20. The van der Waals surface area contributed by atoms with Crippen molar-refractivity contribution in [3.05, 3.63) is 47.8 Å². The van der Waals surface area contributed by atoms with Gasteiger partial charge in [0.05, 0.1) is 0 Å². The van der Waals surface area contributed by atoms with Gasteiger partial charge in [-0.05, 0) is 43.9 Å². The van der Waals surface area contributed by atoms with Gasteiger partial charge in [0.2, 0.25) is 11.8 Å². The van der Waals surface area contributed by atoms with Gasteiger partial charge >= 0.3 is 0 Å². The maximum atomic E-state index is 12.9. The smallest absolute Gasteiger partial charge is 0.278 e. The van der Waals surface area contributed by atoms with Crippen molar-refractivity contribution >= 4 is 23.4 Å². The molecule has 2 aromatic rings. The maximum Gasteiger partial charge on any atom is 0.278 e. The number of carbonyl (C=O) groups is 3. The van der Waals surface area contributed by atoms with Crippen LogP contribution < -0.4 is 4.90 Å². The van der Waals surface area contributed by atoms with E-state index in [-0.39, 0.29) is 29.6 Å². The normalized spacial score (nSPS) is 17.9. The summed E-state index contributed by atoms with van der Waals surface area (Å²) in [6, 6.07) is 11.3. The van der Waals surface area contributed by atoms with Crippen LogP contribution in [-0.4, -0.2) is 70.9 Å². The quantitative estimate of drug-likeness (QED) is 0.796. The largest absolute Gasteiger partial charge is 0.343 e. The lowest BCUT2D eigenvalue weighted by Gasteiger charge is -2.37. The Kier molecular flexibility index (Phi) is 6.58. The Bertz CT molecular complexity index is 957. The molecular weight excluding hydrogens is 406 g/mol. The summed E-state index contributed by atoms with van der Waals surface area (Å²) in [5.41, 5.74) is 2.18. The van der Waals surface area contributed by atoms with E-state index in [1.807, 2.05) is 46.2 Å². The van der Waals surface area contributed by atoms with Crippen LogP contribution in [0.3, 0.4) is 0 Å². The fourth-order valence-electron chi connectivity index (χ4n) is 4.71. The van der Waals surface area contributed by atoms with Crippen LogP contribution in [0.25, 0.3) is 0 Å². The fraction of sp³-hybridized carbons (Fsp3) is 0.500. The van der Waals surface area contributed by atoms with Crippen LogP contribution in [0.5, 0.6) is 0 Å². The summed E-state index contributed by atoms with van der Waals surface area (Å²) in [6.45, 7) is 4.35. The maximum absolute atomic E-state index is 12.9. The van der Waals surface area contributed by atoms with E-state index in [1.54, 1.807) is 18.9 Å². The SMILES string of the molecule is CC(=O)N1CCC(C(=O)N2CCC(c3cc(C(=O)N(C)c4ccccc4)n[nH]3)CC2)CC1. The average Bonchev–Trinajstić information content (AvgIpc) is 3.34. The number of nitrogens with one attached hydrogen (secondary N) is 1. The molecule has 2 aliphatic rings. The predicted octanol–water partition coefficient (Wildman–Crippen LogP) is 2.65. The van der Waals surface area contributed by atoms with E-state index in [0.29, 0.717) is 31.9 Å². The number of benzene rings is 1. The van der Waals surface area contributed by atoms with Crippen LogP contribution in [0.2, 0.25) is 0 Å². The number of piperidine rings is 2. The standard InChI is InChI=1S/C24H31N5O3/c1-17(30)28-12-10-19(11-13-28)23(31)29-14-8-18(9-15-29)21-16-22(26-25-21)24(32)27(2)20-6-4-3-5-7-20/h3-7,16,18-19H,8-15H2,1-2H3,(H,25,26). The van der Waals surface area contributed by atoms with Crippen molar-refractivity contribution in [2.24, 2.45) is 5.92 Å². The summed E-state index contributed by atoms with van der Waals surface area (Å²) >= 11 is 0. The van der Waals surface area contributed by atoms with E-state index >= 15 is 0 Å². The van der Waals surface area contributed by atoms with Crippen LogP contribution in [0, 0.1) is 5.92 Å². The van der Waals surface area contributed by atoms with Crippen LogP contribution in [0.4, 0.5) is 5.69 Å². The third-order valence-electron chi connectivity index (χ3n) is 6.80. The molecule has 8 heteroatoms. The molecule has 0 atom stereocenters. The zero-order chi connectivity index (χ0) is 22.7. The second-order valence-electron chi connectivity index (χ2n) is 8.79. The highest BCUT2D eigenvalue weighted by Crippen LogP contribution is 2.29. The topological polar surface area (TPSA) is 89.6 Å². The summed E-state index contributed by atoms with van der Waals surface area (Å²) in [4.78, 5) is 42.6. The molecule has 0 radical (unpaired) electrons. The number of nitrogens with zero attached hydrogens (tertiary/aromatic N) is 4. The van der Waals surface area contributed by atoms with Gasteiger partial charge in [0.1, 0.15) is 0 Å². The van der Waals surface area contributed by atoms with Gasteiger partial charge in [-0.25, -0.2) is 0 Å². The lowest BCUT2D eigenvalue weighted by molar-refractivity contribution is -0.140. The Morgan fingerprint density at radius 1 is 0.969 bits per heavy atom. The Morgan fingerprint density at radius 3 is 2.22 bits per heavy atom. The van der Waals surface area contributed by atoms with Gasteiger partial charge in [0.15, 0.2) is 5.69 Å². The van der Waals surface area contributed by atoms with Gasteiger partial charge in [-0.15, -0.1) is 0 Å². The molecule has 0 spiro atoms. The first-order valence-corrected chi connectivity index (χ1v) is 11.4. The van der Waals surface area contributed by atoms with Crippen molar-refractivity contribution in [1.82, 2.24) is 20.0 Å². The highest BCUT2D eigenvalue weighted by molar-refractivity contribution is 6.04. The summed E-state index contributed by atoms with van der Waals surface area (Å²) in [5.74, 6) is 0.436. The number of para-hydroxylation sites is 1. The van der Waals surface area contributed by atoms with Gasteiger partial charge < -0.3 is 14.7 Å². The number of carbonyl (C=O) groups excluding carboxylic acids is 3. The lowest BCUT2D eigenvalue weighted by Crippen LogP contribution is -2.46. The number of hydrogen-bond donors (Lipinski definition) is 1. The summed E-state index contributed by atoms with van der Waals surface area (Å²) < 4.78 is 0. The Morgan fingerprint density at radius 2 is 1.59 bits per heavy atom. The molecule has 0 saturated carbocycles. The minimum atomic E-state index is -0.150. The first kappa shape index (κ1) is 22.0. The van der Waals surface area contributed by atoms with Crippen molar-refractivity contribution in [3.63, 3.8) is 0 Å². The molecule has 8 nitrogen and oxygen atoms in total. The number of rotatable bonds is 4. The minimum absolute atomic E-state index is 0.0204. The summed E-state index contributed by atoms with van der Waals surface area (Å²) in [7, 11) is 1.75. The number of likely N-dealkylation sites (tertiary alicyclic amines) is 2. The third-order valence-corrected chi connectivity index (χ3v) is 6.80. The number of anilines is 1. The molecule has 3 amide bonds. The second-order valence-corrected chi connectivity index (χ2v) is 8.79. The fourth-order valence-corrected chi connectivity index (χ4v) is 4.71. The van der Waals surface area contributed by atoms with Crippen molar-refractivity contribution < 1.29 is 14.4 Å². The molecule has 0 unspecified atom stereocenters. The molecule has 3 heterocycles. The molecule has 4 rings (SSSR count). The van der Waals surface area contributed by atoms with E-state index < -0.39 is 0 Å². The molecule has 2 fully saturated rings. The van der Waals surface area contributed by atoms with Gasteiger partial charge in [0, 0.05) is 63.4 Å². The Hall–Kier alpha value is -3.16. The monoisotopic (exact) mass is 437 g/mol. The highest BCUT2D eigenvalue weighted by atomic mass is 16.2. The van der Waals surface area contributed by atoms with Crippen molar-refractivity contribution in [2.75, 3.05) is 38.1 Å². The minimum Gasteiger partial charge on any atom is -0.343 e. The molecule has 1 aromatic heterocycles.